The first kappa shape index (κ1) is 21.1. The zero-order valence-electron chi connectivity index (χ0n) is 18.2. The van der Waals surface area contributed by atoms with Gasteiger partial charge in [-0.1, -0.05) is 36.4 Å². The van der Waals surface area contributed by atoms with Gasteiger partial charge >= 0.3 is 0 Å². The molecule has 0 spiro atoms. The average Bonchev–Trinajstić information content (AvgIpc) is 2.77. The highest BCUT2D eigenvalue weighted by Gasteiger charge is 2.23. The van der Waals surface area contributed by atoms with Crippen LogP contribution in [0.15, 0.2) is 78.9 Å². The molecule has 0 aromatic heterocycles. The van der Waals surface area contributed by atoms with E-state index in [9.17, 15) is 15.3 Å². The molecule has 162 valence electrons. The molecular formula is C27H25NO4. The van der Waals surface area contributed by atoms with E-state index in [-0.39, 0.29) is 17.2 Å². The van der Waals surface area contributed by atoms with Crippen molar-refractivity contribution in [1.82, 2.24) is 0 Å². The van der Waals surface area contributed by atoms with E-state index in [0.29, 0.717) is 28.6 Å². The number of phenols is 3. The predicted molar refractivity (Wildman–Crippen MR) is 127 cm³/mol. The van der Waals surface area contributed by atoms with Crippen LogP contribution in [0.2, 0.25) is 0 Å². The minimum absolute atomic E-state index is 0.0307. The van der Waals surface area contributed by atoms with E-state index in [4.69, 9.17) is 4.74 Å². The van der Waals surface area contributed by atoms with Crippen LogP contribution in [0.4, 0.5) is 17.1 Å². The van der Waals surface area contributed by atoms with Crippen LogP contribution in [0.1, 0.15) is 16.7 Å². The number of ether oxygens (including phenoxy) is 1. The lowest BCUT2D eigenvalue weighted by molar-refractivity contribution is 0.409. The number of para-hydroxylation sites is 3. The molecular weight excluding hydrogens is 402 g/mol. The van der Waals surface area contributed by atoms with E-state index in [0.717, 1.165) is 16.7 Å². The van der Waals surface area contributed by atoms with Gasteiger partial charge in [0.25, 0.3) is 0 Å². The summed E-state index contributed by atoms with van der Waals surface area (Å²) in [4.78, 5) is 1.76. The lowest BCUT2D eigenvalue weighted by Crippen LogP contribution is -2.12. The monoisotopic (exact) mass is 427 g/mol. The number of aryl methyl sites for hydroxylation is 3. The molecule has 0 heterocycles. The van der Waals surface area contributed by atoms with Crippen LogP contribution in [0.5, 0.6) is 28.7 Å². The summed E-state index contributed by atoms with van der Waals surface area (Å²) in [7, 11) is 0. The second-order valence-corrected chi connectivity index (χ2v) is 7.81. The summed E-state index contributed by atoms with van der Waals surface area (Å²) in [6.07, 6.45) is 0. The molecule has 4 aromatic rings. The molecule has 0 fully saturated rings. The van der Waals surface area contributed by atoms with Crippen molar-refractivity contribution in [2.75, 3.05) is 4.90 Å². The van der Waals surface area contributed by atoms with Crippen molar-refractivity contribution in [3.05, 3.63) is 95.6 Å². The Labute approximate surface area is 187 Å². The van der Waals surface area contributed by atoms with Gasteiger partial charge in [0, 0.05) is 0 Å². The van der Waals surface area contributed by atoms with Crippen LogP contribution in [0.3, 0.4) is 0 Å². The lowest BCUT2D eigenvalue weighted by Gasteiger charge is -2.29. The molecule has 0 aliphatic heterocycles. The minimum Gasteiger partial charge on any atom is -0.506 e. The van der Waals surface area contributed by atoms with Crippen LogP contribution < -0.4 is 9.64 Å². The molecule has 0 bridgehead atoms. The van der Waals surface area contributed by atoms with Crippen LogP contribution in [-0.2, 0) is 0 Å². The summed E-state index contributed by atoms with van der Waals surface area (Å²) in [5.41, 5.74) is 4.27. The maximum atomic E-state index is 10.8. The standard InChI is InChI=1S/C27H25NO4/c1-17-11-13-23(29)21(15-17)28(22-16-18(2)12-14-24(22)30)20-8-4-5-10-26(20)32-27-19(3)7-6-9-25(27)31/h4-16,29-31H,1-3H3. The third-order valence-corrected chi connectivity index (χ3v) is 5.25. The highest BCUT2D eigenvalue weighted by molar-refractivity contribution is 5.86. The Morgan fingerprint density at radius 1 is 0.594 bits per heavy atom. The van der Waals surface area contributed by atoms with Gasteiger partial charge in [-0.05, 0) is 79.9 Å². The van der Waals surface area contributed by atoms with E-state index in [1.54, 1.807) is 35.2 Å². The second kappa shape index (κ2) is 8.55. The van der Waals surface area contributed by atoms with Gasteiger partial charge in [0.1, 0.15) is 11.5 Å². The van der Waals surface area contributed by atoms with Crippen molar-refractivity contribution in [3.8, 4) is 28.7 Å². The molecule has 32 heavy (non-hydrogen) atoms. The molecule has 4 rings (SSSR count). The number of hydrogen-bond acceptors (Lipinski definition) is 5. The van der Waals surface area contributed by atoms with Gasteiger partial charge in [0.15, 0.2) is 17.2 Å². The van der Waals surface area contributed by atoms with Crippen molar-refractivity contribution < 1.29 is 20.1 Å². The highest BCUT2D eigenvalue weighted by Crippen LogP contribution is 2.48. The maximum absolute atomic E-state index is 10.8. The molecule has 0 amide bonds. The summed E-state index contributed by atoms with van der Waals surface area (Å²) < 4.78 is 6.18. The van der Waals surface area contributed by atoms with E-state index < -0.39 is 0 Å². The summed E-state index contributed by atoms with van der Waals surface area (Å²) in [6, 6.07) is 23.1. The number of rotatable bonds is 5. The van der Waals surface area contributed by atoms with Crippen LogP contribution in [-0.4, -0.2) is 15.3 Å². The summed E-state index contributed by atoms with van der Waals surface area (Å²) >= 11 is 0. The van der Waals surface area contributed by atoms with Crippen molar-refractivity contribution >= 4 is 17.1 Å². The fraction of sp³-hybridized carbons (Fsp3) is 0.111. The first-order valence-corrected chi connectivity index (χ1v) is 10.3. The number of anilines is 3. The van der Waals surface area contributed by atoms with Gasteiger partial charge in [-0.25, -0.2) is 0 Å². The van der Waals surface area contributed by atoms with Crippen molar-refractivity contribution in [3.63, 3.8) is 0 Å². The van der Waals surface area contributed by atoms with Gasteiger partial charge in [0.2, 0.25) is 0 Å². The summed E-state index contributed by atoms with van der Waals surface area (Å²) in [6.45, 7) is 5.73. The van der Waals surface area contributed by atoms with Crippen LogP contribution in [0.25, 0.3) is 0 Å². The largest absolute Gasteiger partial charge is 0.506 e. The maximum Gasteiger partial charge on any atom is 0.172 e. The van der Waals surface area contributed by atoms with E-state index in [2.05, 4.69) is 0 Å². The Balaban J connectivity index is 1.95. The van der Waals surface area contributed by atoms with Crippen molar-refractivity contribution in [2.24, 2.45) is 0 Å². The normalized spacial score (nSPS) is 10.7. The van der Waals surface area contributed by atoms with Gasteiger partial charge in [-0.2, -0.15) is 0 Å². The number of aromatic hydroxyl groups is 3. The van der Waals surface area contributed by atoms with E-state index in [1.165, 1.54) is 0 Å². The molecule has 0 radical (unpaired) electrons. The predicted octanol–water partition coefficient (Wildman–Crippen LogP) is 6.99. The molecule has 5 nitrogen and oxygen atoms in total. The summed E-state index contributed by atoms with van der Waals surface area (Å²) in [5.74, 6) is 0.957. The average molecular weight is 428 g/mol. The zero-order valence-corrected chi connectivity index (χ0v) is 18.2. The third-order valence-electron chi connectivity index (χ3n) is 5.25. The first-order chi connectivity index (χ1) is 15.3. The van der Waals surface area contributed by atoms with Gasteiger partial charge < -0.3 is 20.1 Å². The van der Waals surface area contributed by atoms with Crippen molar-refractivity contribution in [1.29, 1.82) is 0 Å². The molecule has 0 saturated heterocycles. The molecule has 0 unspecified atom stereocenters. The van der Waals surface area contributed by atoms with Gasteiger partial charge in [-0.3, -0.25) is 4.90 Å². The quantitative estimate of drug-likeness (QED) is 0.320. The van der Waals surface area contributed by atoms with E-state index >= 15 is 0 Å². The number of hydrogen-bond donors (Lipinski definition) is 3. The lowest BCUT2D eigenvalue weighted by atomic mass is 10.1. The Hall–Kier alpha value is -4.12. The fourth-order valence-corrected chi connectivity index (χ4v) is 3.62. The SMILES string of the molecule is Cc1ccc(O)c(N(c2cc(C)ccc2O)c2ccccc2Oc2c(C)cccc2O)c1. The minimum atomic E-state index is 0.0307. The van der Waals surface area contributed by atoms with Crippen molar-refractivity contribution in [2.45, 2.75) is 20.8 Å². The smallest absolute Gasteiger partial charge is 0.172 e. The number of nitrogens with zero attached hydrogens (tertiary/aromatic N) is 1. The Morgan fingerprint density at radius 2 is 1.19 bits per heavy atom. The van der Waals surface area contributed by atoms with Crippen LogP contribution >= 0.6 is 0 Å². The third kappa shape index (κ3) is 4.05. The number of benzene rings is 4. The number of phenolic OH excluding ortho intramolecular Hbond substituents is 3. The topological polar surface area (TPSA) is 73.2 Å². The molecule has 0 aliphatic carbocycles. The molecule has 0 saturated carbocycles. The summed E-state index contributed by atoms with van der Waals surface area (Å²) in [5, 5.41) is 31.9. The van der Waals surface area contributed by atoms with E-state index in [1.807, 2.05) is 69.3 Å². The van der Waals surface area contributed by atoms with Crippen LogP contribution in [0, 0.1) is 20.8 Å². The Bertz CT molecular complexity index is 1210. The molecule has 4 aromatic carbocycles. The zero-order chi connectivity index (χ0) is 22.8. The molecule has 3 N–H and O–H groups in total. The molecule has 5 heteroatoms. The van der Waals surface area contributed by atoms with Gasteiger partial charge in [-0.15, -0.1) is 0 Å². The second-order valence-electron chi connectivity index (χ2n) is 7.81. The Kier molecular flexibility index (Phi) is 5.65. The Morgan fingerprint density at radius 3 is 1.78 bits per heavy atom. The molecule has 0 aliphatic rings. The highest BCUT2D eigenvalue weighted by atomic mass is 16.5. The first-order valence-electron chi connectivity index (χ1n) is 10.3. The fourth-order valence-electron chi connectivity index (χ4n) is 3.62. The van der Waals surface area contributed by atoms with Gasteiger partial charge in [0.05, 0.1) is 17.1 Å². The molecule has 0 atom stereocenters.